The van der Waals surface area contributed by atoms with Crippen LogP contribution in [0.2, 0.25) is 0 Å². The molecule has 23 heavy (non-hydrogen) atoms. The molecular weight excluding hydrogens is 306 g/mol. The number of anilines is 1. The zero-order valence-corrected chi connectivity index (χ0v) is 13.6. The highest BCUT2D eigenvalue weighted by molar-refractivity contribution is 7.22. The molecule has 4 nitrogen and oxygen atoms in total. The lowest BCUT2D eigenvalue weighted by Gasteiger charge is -1.99. The Morgan fingerprint density at radius 3 is 2.91 bits per heavy atom. The summed E-state index contributed by atoms with van der Waals surface area (Å²) in [5.74, 6) is -0.127. The van der Waals surface area contributed by atoms with Crippen molar-refractivity contribution in [1.82, 2.24) is 9.55 Å². The predicted molar refractivity (Wildman–Crippen MR) is 95.2 cm³/mol. The van der Waals surface area contributed by atoms with Crippen LogP contribution in [-0.4, -0.2) is 15.5 Å². The fraction of sp³-hybridized carbons (Fsp3) is 0.111. The lowest BCUT2D eigenvalue weighted by molar-refractivity contribution is 0.102. The van der Waals surface area contributed by atoms with Crippen molar-refractivity contribution < 1.29 is 4.79 Å². The molecule has 5 heteroatoms. The van der Waals surface area contributed by atoms with Crippen molar-refractivity contribution in [2.24, 2.45) is 7.05 Å². The van der Waals surface area contributed by atoms with Crippen molar-refractivity contribution in [3.05, 3.63) is 59.8 Å². The van der Waals surface area contributed by atoms with Gasteiger partial charge in [-0.3, -0.25) is 10.1 Å². The zero-order valence-electron chi connectivity index (χ0n) is 12.8. The van der Waals surface area contributed by atoms with Gasteiger partial charge in [0.1, 0.15) is 0 Å². The lowest BCUT2D eigenvalue weighted by Crippen LogP contribution is -2.11. The summed E-state index contributed by atoms with van der Waals surface area (Å²) in [6, 6.07) is 14.0. The number of carbonyl (C=O) groups is 1. The minimum atomic E-state index is -0.127. The average Bonchev–Trinajstić information content (AvgIpc) is 3.08. The third-order valence-corrected chi connectivity index (χ3v) is 4.84. The number of fused-ring (bicyclic) bond motifs is 2. The van der Waals surface area contributed by atoms with E-state index in [0.717, 1.165) is 21.1 Å². The normalized spacial score (nSPS) is 11.2. The van der Waals surface area contributed by atoms with Crippen LogP contribution in [0.4, 0.5) is 5.13 Å². The van der Waals surface area contributed by atoms with Gasteiger partial charge in [-0.2, -0.15) is 0 Å². The number of thiazole rings is 1. The standard InChI is InChI=1S/C18H15N3OS/c1-11-7-8-14-16(9-11)23-18(19-14)20-17(22)13-10-21(2)15-6-4-3-5-12(13)15/h3-10H,1-2H3,(H,19,20,22). The summed E-state index contributed by atoms with van der Waals surface area (Å²) in [6.07, 6.45) is 1.86. The lowest BCUT2D eigenvalue weighted by atomic mass is 10.1. The molecule has 1 N–H and O–H groups in total. The topological polar surface area (TPSA) is 46.9 Å². The zero-order chi connectivity index (χ0) is 16.0. The maximum Gasteiger partial charge on any atom is 0.259 e. The predicted octanol–water partition coefficient (Wildman–Crippen LogP) is 4.35. The Morgan fingerprint density at radius 1 is 1.22 bits per heavy atom. The van der Waals surface area contributed by atoms with E-state index < -0.39 is 0 Å². The van der Waals surface area contributed by atoms with E-state index in [1.165, 1.54) is 16.9 Å². The number of carbonyl (C=O) groups excluding carboxylic acids is 1. The molecule has 0 radical (unpaired) electrons. The molecule has 0 saturated carbocycles. The first kappa shape index (κ1) is 14.0. The van der Waals surface area contributed by atoms with Crippen LogP contribution in [0.3, 0.4) is 0 Å². The molecule has 0 atom stereocenters. The van der Waals surface area contributed by atoms with Crippen LogP contribution in [0.1, 0.15) is 15.9 Å². The van der Waals surface area contributed by atoms with Gasteiger partial charge in [0.25, 0.3) is 5.91 Å². The molecule has 0 aliphatic carbocycles. The van der Waals surface area contributed by atoms with E-state index in [9.17, 15) is 4.79 Å². The number of aryl methyl sites for hydroxylation is 2. The summed E-state index contributed by atoms with van der Waals surface area (Å²) in [5, 5.41) is 4.50. The maximum absolute atomic E-state index is 12.6. The van der Waals surface area contributed by atoms with Crippen molar-refractivity contribution in [1.29, 1.82) is 0 Å². The van der Waals surface area contributed by atoms with Crippen LogP contribution >= 0.6 is 11.3 Å². The van der Waals surface area contributed by atoms with E-state index in [-0.39, 0.29) is 5.91 Å². The molecule has 4 aromatic rings. The van der Waals surface area contributed by atoms with Crippen LogP contribution in [0.15, 0.2) is 48.7 Å². The van der Waals surface area contributed by atoms with Crippen LogP contribution in [-0.2, 0) is 7.05 Å². The van der Waals surface area contributed by atoms with Gasteiger partial charge < -0.3 is 4.57 Å². The first-order chi connectivity index (χ1) is 11.1. The first-order valence-electron chi connectivity index (χ1n) is 7.34. The van der Waals surface area contributed by atoms with E-state index in [1.54, 1.807) is 0 Å². The molecule has 4 rings (SSSR count). The van der Waals surface area contributed by atoms with Crippen LogP contribution in [0.25, 0.3) is 21.1 Å². The molecule has 0 bridgehead atoms. The van der Waals surface area contributed by atoms with E-state index in [0.29, 0.717) is 10.7 Å². The minimum Gasteiger partial charge on any atom is -0.350 e. The number of benzene rings is 2. The van der Waals surface area contributed by atoms with Gasteiger partial charge in [0, 0.05) is 24.1 Å². The molecule has 0 spiro atoms. The van der Waals surface area contributed by atoms with Crippen molar-refractivity contribution >= 4 is 43.5 Å². The fourth-order valence-electron chi connectivity index (χ4n) is 2.77. The molecule has 2 aromatic heterocycles. The van der Waals surface area contributed by atoms with Crippen LogP contribution < -0.4 is 5.32 Å². The summed E-state index contributed by atoms with van der Waals surface area (Å²) in [7, 11) is 1.94. The van der Waals surface area contributed by atoms with Gasteiger partial charge >= 0.3 is 0 Å². The number of nitrogens with one attached hydrogen (secondary N) is 1. The fourth-order valence-corrected chi connectivity index (χ4v) is 3.73. The number of hydrogen-bond acceptors (Lipinski definition) is 3. The summed E-state index contributed by atoms with van der Waals surface area (Å²) >= 11 is 1.50. The van der Waals surface area contributed by atoms with E-state index >= 15 is 0 Å². The second-order valence-corrected chi connectivity index (χ2v) is 6.65. The van der Waals surface area contributed by atoms with Crippen LogP contribution in [0.5, 0.6) is 0 Å². The molecule has 0 saturated heterocycles. The molecule has 0 unspecified atom stereocenters. The van der Waals surface area contributed by atoms with E-state index in [4.69, 9.17) is 0 Å². The molecule has 0 aliphatic rings. The molecule has 0 fully saturated rings. The van der Waals surface area contributed by atoms with E-state index in [2.05, 4.69) is 16.4 Å². The van der Waals surface area contributed by atoms with Gasteiger partial charge in [-0.15, -0.1) is 0 Å². The van der Waals surface area contributed by atoms with Gasteiger partial charge in [-0.05, 0) is 30.7 Å². The second-order valence-electron chi connectivity index (χ2n) is 5.62. The third kappa shape index (κ3) is 2.39. The molecule has 114 valence electrons. The van der Waals surface area contributed by atoms with Crippen molar-refractivity contribution in [3.8, 4) is 0 Å². The van der Waals surface area contributed by atoms with Gasteiger partial charge in [0.2, 0.25) is 0 Å². The Labute approximate surface area is 137 Å². The number of hydrogen-bond donors (Lipinski definition) is 1. The summed E-state index contributed by atoms with van der Waals surface area (Å²) in [6.45, 7) is 2.05. The van der Waals surface area contributed by atoms with E-state index in [1.807, 2.05) is 61.1 Å². The average molecular weight is 321 g/mol. The molecule has 2 aromatic carbocycles. The Bertz CT molecular complexity index is 1040. The number of para-hydroxylation sites is 1. The smallest absolute Gasteiger partial charge is 0.259 e. The quantitative estimate of drug-likeness (QED) is 0.596. The molecule has 2 heterocycles. The summed E-state index contributed by atoms with van der Waals surface area (Å²) in [4.78, 5) is 17.1. The SMILES string of the molecule is Cc1ccc2nc(NC(=O)c3cn(C)c4ccccc34)sc2c1. The number of aromatic nitrogens is 2. The minimum absolute atomic E-state index is 0.127. The second kappa shape index (κ2) is 5.21. The van der Waals surface area contributed by atoms with Gasteiger partial charge in [0.05, 0.1) is 15.8 Å². The van der Waals surface area contributed by atoms with Gasteiger partial charge in [0.15, 0.2) is 5.13 Å². The largest absolute Gasteiger partial charge is 0.350 e. The highest BCUT2D eigenvalue weighted by atomic mass is 32.1. The number of nitrogens with zero attached hydrogens (tertiary/aromatic N) is 2. The van der Waals surface area contributed by atoms with Crippen molar-refractivity contribution in [2.75, 3.05) is 5.32 Å². The molecular formula is C18H15N3OS. The molecule has 0 aliphatic heterocycles. The maximum atomic E-state index is 12.6. The molecule has 1 amide bonds. The van der Waals surface area contributed by atoms with Crippen molar-refractivity contribution in [2.45, 2.75) is 6.92 Å². The highest BCUT2D eigenvalue weighted by Gasteiger charge is 2.15. The Balaban J connectivity index is 1.70. The van der Waals surface area contributed by atoms with Gasteiger partial charge in [-0.25, -0.2) is 4.98 Å². The third-order valence-electron chi connectivity index (χ3n) is 3.91. The number of rotatable bonds is 2. The Kier molecular flexibility index (Phi) is 3.16. The van der Waals surface area contributed by atoms with Crippen molar-refractivity contribution in [3.63, 3.8) is 0 Å². The first-order valence-corrected chi connectivity index (χ1v) is 8.16. The van der Waals surface area contributed by atoms with Crippen LogP contribution in [0, 0.1) is 6.92 Å². The number of amides is 1. The summed E-state index contributed by atoms with van der Waals surface area (Å²) in [5.41, 5.74) is 3.80. The Hall–Kier alpha value is -2.66. The summed E-state index contributed by atoms with van der Waals surface area (Å²) < 4.78 is 3.05. The monoisotopic (exact) mass is 321 g/mol. The Morgan fingerprint density at radius 2 is 2.04 bits per heavy atom. The van der Waals surface area contributed by atoms with Gasteiger partial charge in [-0.1, -0.05) is 35.6 Å². The highest BCUT2D eigenvalue weighted by Crippen LogP contribution is 2.28.